The molecule has 0 N–H and O–H groups in total. The van der Waals surface area contributed by atoms with Crippen LogP contribution in [0.5, 0.6) is 0 Å². The molecule has 0 aliphatic heterocycles. The van der Waals surface area contributed by atoms with E-state index < -0.39 is 0 Å². The first kappa shape index (κ1) is 19.3. The average Bonchev–Trinajstić information content (AvgIpc) is 3.29. The Labute approximate surface area is 188 Å². The van der Waals surface area contributed by atoms with Crippen LogP contribution in [0.3, 0.4) is 0 Å². The predicted molar refractivity (Wildman–Crippen MR) is 135 cm³/mol. The van der Waals surface area contributed by atoms with Gasteiger partial charge in [-0.05, 0) is 72.6 Å². The fourth-order valence-electron chi connectivity index (χ4n) is 5.98. The summed E-state index contributed by atoms with van der Waals surface area (Å²) in [4.78, 5) is 0. The molecular formula is C28H32S2. The first-order valence-electron chi connectivity index (χ1n) is 12.0. The van der Waals surface area contributed by atoms with Gasteiger partial charge in [-0.3, -0.25) is 0 Å². The van der Waals surface area contributed by atoms with Crippen LogP contribution in [0, 0.1) is 11.8 Å². The number of rotatable bonds is 2. The Morgan fingerprint density at radius 3 is 1.37 bits per heavy atom. The van der Waals surface area contributed by atoms with Gasteiger partial charge in [-0.25, -0.2) is 0 Å². The van der Waals surface area contributed by atoms with Crippen molar-refractivity contribution in [2.75, 3.05) is 0 Å². The molecule has 0 atom stereocenters. The van der Waals surface area contributed by atoms with E-state index in [0.717, 1.165) is 23.7 Å². The van der Waals surface area contributed by atoms with Crippen molar-refractivity contribution in [3.8, 4) is 0 Å². The zero-order valence-electron chi connectivity index (χ0n) is 18.2. The second-order valence-electron chi connectivity index (χ2n) is 10.3. The van der Waals surface area contributed by atoms with Gasteiger partial charge in [-0.15, -0.1) is 22.7 Å². The molecule has 0 bridgehead atoms. The molecule has 0 saturated heterocycles. The lowest BCUT2D eigenvalue weighted by Gasteiger charge is -2.26. The van der Waals surface area contributed by atoms with Crippen LogP contribution in [0.25, 0.3) is 29.6 Å². The quantitative estimate of drug-likeness (QED) is 0.295. The van der Waals surface area contributed by atoms with Crippen molar-refractivity contribution < 1.29 is 0 Å². The van der Waals surface area contributed by atoms with E-state index in [9.17, 15) is 0 Å². The van der Waals surface area contributed by atoms with Gasteiger partial charge in [0.05, 0.1) is 9.40 Å². The summed E-state index contributed by atoms with van der Waals surface area (Å²) in [6.07, 6.45) is 11.1. The summed E-state index contributed by atoms with van der Waals surface area (Å²) in [6.45, 7) is 4.83. The summed E-state index contributed by atoms with van der Waals surface area (Å²) in [5.74, 6) is 3.40. The molecule has 6 rings (SSSR count). The zero-order chi connectivity index (χ0) is 20.2. The molecule has 2 aliphatic carbocycles. The predicted octanol–water partition coefficient (Wildman–Crippen LogP) is 9.86. The van der Waals surface area contributed by atoms with Crippen LogP contribution in [0.4, 0.5) is 0 Å². The van der Waals surface area contributed by atoms with Gasteiger partial charge < -0.3 is 0 Å². The molecule has 0 amide bonds. The summed E-state index contributed by atoms with van der Waals surface area (Å²) in [5, 5.41) is 2.97. The van der Waals surface area contributed by atoms with Gasteiger partial charge in [0.25, 0.3) is 0 Å². The minimum atomic E-state index is 0.781. The van der Waals surface area contributed by atoms with E-state index in [2.05, 4.69) is 50.2 Å². The monoisotopic (exact) mass is 432 g/mol. The zero-order valence-corrected chi connectivity index (χ0v) is 19.9. The van der Waals surface area contributed by atoms with Crippen molar-refractivity contribution in [1.82, 2.24) is 0 Å². The van der Waals surface area contributed by atoms with Crippen molar-refractivity contribution in [2.24, 2.45) is 11.8 Å². The third-order valence-electron chi connectivity index (χ3n) is 8.11. The van der Waals surface area contributed by atoms with Crippen LogP contribution in [-0.2, 0) is 0 Å². The normalized spacial score (nSPS) is 27.9. The highest BCUT2D eigenvalue weighted by atomic mass is 32.1. The molecular weight excluding hydrogens is 400 g/mol. The van der Waals surface area contributed by atoms with Crippen LogP contribution in [0.2, 0.25) is 0 Å². The molecule has 2 aliphatic rings. The molecule has 4 aromatic rings. The Hall–Kier alpha value is -1.38. The lowest BCUT2D eigenvalue weighted by molar-refractivity contribution is 0.348. The van der Waals surface area contributed by atoms with Crippen molar-refractivity contribution in [3.05, 3.63) is 47.5 Å². The fraction of sp³-hybridized carbons (Fsp3) is 0.500. The molecule has 2 aromatic carbocycles. The first-order valence-corrected chi connectivity index (χ1v) is 13.7. The second-order valence-corrected chi connectivity index (χ2v) is 12.4. The standard InChI is InChI=1S/C28H32S2/c1-17-3-7-19(8-4-17)21-11-13-23-25(15-21)29-28-24-14-12-22(16-26(24)30-27(23)28)20-9-5-18(2)6-10-20/h11-20H,3-10H2,1-2H3. The summed E-state index contributed by atoms with van der Waals surface area (Å²) < 4.78 is 6.03. The van der Waals surface area contributed by atoms with E-state index >= 15 is 0 Å². The van der Waals surface area contributed by atoms with Crippen LogP contribution >= 0.6 is 22.7 Å². The number of benzene rings is 2. The van der Waals surface area contributed by atoms with Gasteiger partial charge in [-0.1, -0.05) is 63.8 Å². The molecule has 30 heavy (non-hydrogen) atoms. The molecule has 0 radical (unpaired) electrons. The van der Waals surface area contributed by atoms with Crippen LogP contribution < -0.4 is 0 Å². The van der Waals surface area contributed by atoms with Crippen molar-refractivity contribution >= 4 is 52.2 Å². The fourth-order valence-corrected chi connectivity index (χ4v) is 8.73. The smallest absolute Gasteiger partial charge is 0.0542 e. The minimum absolute atomic E-state index is 0.781. The second kappa shape index (κ2) is 7.64. The average molecular weight is 433 g/mol. The maximum Gasteiger partial charge on any atom is 0.0542 e. The van der Waals surface area contributed by atoms with Gasteiger partial charge in [0.2, 0.25) is 0 Å². The van der Waals surface area contributed by atoms with Crippen LogP contribution in [0.1, 0.15) is 88.2 Å². The number of fused-ring (bicyclic) bond motifs is 5. The van der Waals surface area contributed by atoms with Gasteiger partial charge in [0.1, 0.15) is 0 Å². The van der Waals surface area contributed by atoms with Gasteiger partial charge in [-0.2, -0.15) is 0 Å². The number of thiophene rings is 2. The number of hydrogen-bond acceptors (Lipinski definition) is 2. The Bertz CT molecular complexity index is 1100. The van der Waals surface area contributed by atoms with Gasteiger partial charge in [0.15, 0.2) is 0 Å². The van der Waals surface area contributed by atoms with E-state index in [1.807, 2.05) is 22.7 Å². The lowest BCUT2D eigenvalue weighted by Crippen LogP contribution is -2.10. The van der Waals surface area contributed by atoms with Crippen LogP contribution in [0.15, 0.2) is 36.4 Å². The van der Waals surface area contributed by atoms with E-state index in [1.54, 1.807) is 11.1 Å². The first-order chi connectivity index (χ1) is 14.7. The van der Waals surface area contributed by atoms with E-state index in [4.69, 9.17) is 0 Å². The molecule has 2 fully saturated rings. The van der Waals surface area contributed by atoms with Gasteiger partial charge >= 0.3 is 0 Å². The van der Waals surface area contributed by atoms with E-state index in [0.29, 0.717) is 0 Å². The van der Waals surface area contributed by atoms with Gasteiger partial charge in [0, 0.05) is 20.2 Å². The molecule has 0 unspecified atom stereocenters. The Morgan fingerprint density at radius 1 is 0.567 bits per heavy atom. The largest absolute Gasteiger partial charge is 0.134 e. The molecule has 156 valence electrons. The lowest BCUT2D eigenvalue weighted by atomic mass is 9.79. The third kappa shape index (κ3) is 3.31. The minimum Gasteiger partial charge on any atom is -0.134 e. The van der Waals surface area contributed by atoms with Crippen molar-refractivity contribution in [1.29, 1.82) is 0 Å². The highest BCUT2D eigenvalue weighted by Crippen LogP contribution is 2.47. The SMILES string of the molecule is CC1CCC(c2ccc3c(c2)sc2c4ccc(C5CCC(C)CC5)cc4sc32)CC1. The van der Waals surface area contributed by atoms with E-state index in [-0.39, 0.29) is 0 Å². The van der Waals surface area contributed by atoms with Crippen molar-refractivity contribution in [2.45, 2.75) is 77.0 Å². The number of hydrogen-bond donors (Lipinski definition) is 0. The van der Waals surface area contributed by atoms with Crippen LogP contribution in [-0.4, -0.2) is 0 Å². The third-order valence-corrected chi connectivity index (χ3v) is 10.6. The molecule has 2 heteroatoms. The summed E-state index contributed by atoms with van der Waals surface area (Å²) in [6, 6.07) is 14.8. The maximum atomic E-state index is 2.52. The summed E-state index contributed by atoms with van der Waals surface area (Å²) in [7, 11) is 0. The topological polar surface area (TPSA) is 0 Å². The molecule has 2 aromatic heterocycles. The molecule has 2 heterocycles. The Balaban J connectivity index is 1.36. The molecule has 2 saturated carbocycles. The highest BCUT2D eigenvalue weighted by molar-refractivity contribution is 7.36. The van der Waals surface area contributed by atoms with Crippen molar-refractivity contribution in [3.63, 3.8) is 0 Å². The Kier molecular flexibility index (Phi) is 4.92. The maximum absolute atomic E-state index is 2.52. The summed E-state index contributed by atoms with van der Waals surface area (Å²) >= 11 is 4.06. The summed E-state index contributed by atoms with van der Waals surface area (Å²) in [5.41, 5.74) is 3.17. The molecule has 0 spiro atoms. The molecule has 0 nitrogen and oxygen atoms in total. The Morgan fingerprint density at radius 2 is 0.967 bits per heavy atom. The van der Waals surface area contributed by atoms with E-state index in [1.165, 1.54) is 80.9 Å². The highest BCUT2D eigenvalue weighted by Gasteiger charge is 2.22.